The number of rotatable bonds is 2. The Hall–Kier alpha value is -1.39. The molecule has 0 N–H and O–H groups in total. The highest BCUT2D eigenvalue weighted by molar-refractivity contribution is 5.76. The van der Waals surface area contributed by atoms with Crippen LogP contribution in [0.1, 0.15) is 16.1 Å². The summed E-state index contributed by atoms with van der Waals surface area (Å²) in [5, 5.41) is 0. The number of halogens is 3. The van der Waals surface area contributed by atoms with Crippen molar-refractivity contribution in [1.29, 1.82) is 0 Å². The Morgan fingerprint density at radius 2 is 2.15 bits per heavy atom. The van der Waals surface area contributed by atoms with Crippen molar-refractivity contribution in [3.63, 3.8) is 0 Å². The molecule has 0 atom stereocenters. The van der Waals surface area contributed by atoms with Gasteiger partial charge in [0.15, 0.2) is 6.29 Å². The topological polar surface area (TPSA) is 30.0 Å². The van der Waals surface area contributed by atoms with Crippen LogP contribution in [0.4, 0.5) is 13.2 Å². The van der Waals surface area contributed by atoms with Gasteiger partial charge in [0.25, 0.3) is 0 Å². The summed E-state index contributed by atoms with van der Waals surface area (Å²) in [5.41, 5.74) is -0.246. The van der Waals surface area contributed by atoms with E-state index < -0.39 is 12.6 Å². The molecular weight excluding hydrogens is 183 g/mol. The Balaban J connectivity index is 2.94. The molecule has 0 saturated carbocycles. The lowest BCUT2D eigenvalue weighted by Gasteiger charge is -2.06. The minimum absolute atomic E-state index is 0.0141. The second-order valence-corrected chi connectivity index (χ2v) is 2.45. The third-order valence-electron chi connectivity index (χ3n) is 1.42. The van der Waals surface area contributed by atoms with E-state index in [0.717, 1.165) is 0 Å². The zero-order valence-electron chi connectivity index (χ0n) is 6.51. The lowest BCUT2D eigenvalue weighted by atomic mass is 10.1. The summed E-state index contributed by atoms with van der Waals surface area (Å²) in [5.74, 6) is 0. The van der Waals surface area contributed by atoms with Crippen molar-refractivity contribution >= 4 is 6.29 Å². The molecule has 1 aromatic heterocycles. The van der Waals surface area contributed by atoms with Crippen LogP contribution in [-0.4, -0.2) is 17.4 Å². The van der Waals surface area contributed by atoms with Gasteiger partial charge >= 0.3 is 6.18 Å². The average Bonchev–Trinajstić information content (AvgIpc) is 2.02. The first-order valence-electron chi connectivity index (χ1n) is 3.49. The molecule has 0 aliphatic carbocycles. The summed E-state index contributed by atoms with van der Waals surface area (Å²) in [6, 6.07) is 2.73. The molecule has 70 valence electrons. The van der Waals surface area contributed by atoms with Gasteiger partial charge in [-0.15, -0.1) is 0 Å². The molecule has 0 bridgehead atoms. The van der Waals surface area contributed by atoms with Crippen LogP contribution in [0.5, 0.6) is 0 Å². The van der Waals surface area contributed by atoms with Crippen molar-refractivity contribution in [2.45, 2.75) is 12.6 Å². The van der Waals surface area contributed by atoms with E-state index in [-0.39, 0.29) is 11.3 Å². The number of hydrogen-bond acceptors (Lipinski definition) is 2. The molecule has 0 saturated heterocycles. The van der Waals surface area contributed by atoms with Gasteiger partial charge in [0.05, 0.1) is 12.1 Å². The molecule has 1 rings (SSSR count). The van der Waals surface area contributed by atoms with Crippen LogP contribution >= 0.6 is 0 Å². The van der Waals surface area contributed by atoms with Gasteiger partial charge in [-0.3, -0.25) is 9.78 Å². The molecule has 0 aliphatic heterocycles. The monoisotopic (exact) mass is 189 g/mol. The Labute approximate surface area is 72.4 Å². The molecule has 0 aliphatic rings. The maximum Gasteiger partial charge on any atom is 0.394 e. The molecule has 0 spiro atoms. The smallest absolute Gasteiger partial charge is 0.298 e. The lowest BCUT2D eigenvalue weighted by Crippen LogP contribution is -2.14. The van der Waals surface area contributed by atoms with Gasteiger partial charge < -0.3 is 0 Å². The Morgan fingerprint density at radius 1 is 1.46 bits per heavy atom. The quantitative estimate of drug-likeness (QED) is 0.666. The van der Waals surface area contributed by atoms with Crippen molar-refractivity contribution in [3.05, 3.63) is 29.6 Å². The number of carbonyl (C=O) groups excluding carboxylic acids is 1. The van der Waals surface area contributed by atoms with Gasteiger partial charge in [-0.2, -0.15) is 13.2 Å². The van der Waals surface area contributed by atoms with Gasteiger partial charge in [0, 0.05) is 11.8 Å². The molecular formula is C8H6F3NO. The summed E-state index contributed by atoms with van der Waals surface area (Å²) in [6.07, 6.45) is -3.89. The number of aldehydes is 1. The number of alkyl halides is 3. The highest BCUT2D eigenvalue weighted by atomic mass is 19.4. The molecule has 13 heavy (non-hydrogen) atoms. The predicted octanol–water partition coefficient (Wildman–Crippen LogP) is 2.00. The fraction of sp³-hybridized carbons (Fsp3) is 0.250. The summed E-state index contributed by atoms with van der Waals surface area (Å²) in [6.45, 7) is 0. The summed E-state index contributed by atoms with van der Waals surface area (Å²) in [4.78, 5) is 13.8. The van der Waals surface area contributed by atoms with Crippen molar-refractivity contribution in [2.24, 2.45) is 0 Å². The van der Waals surface area contributed by atoms with Crippen LogP contribution in [0.2, 0.25) is 0 Å². The molecule has 0 amide bonds. The Kier molecular flexibility index (Phi) is 2.65. The lowest BCUT2D eigenvalue weighted by molar-refractivity contribution is -0.127. The second-order valence-electron chi connectivity index (χ2n) is 2.45. The molecule has 0 fully saturated rings. The third-order valence-corrected chi connectivity index (χ3v) is 1.42. The molecule has 5 heteroatoms. The van der Waals surface area contributed by atoms with Gasteiger partial charge in [-0.1, -0.05) is 0 Å². The van der Waals surface area contributed by atoms with Crippen LogP contribution in [0.3, 0.4) is 0 Å². The number of nitrogens with zero attached hydrogens (tertiary/aromatic N) is 1. The van der Waals surface area contributed by atoms with Crippen LogP contribution in [0.15, 0.2) is 18.3 Å². The van der Waals surface area contributed by atoms with Crippen LogP contribution in [0, 0.1) is 0 Å². The Bertz CT molecular complexity index is 309. The van der Waals surface area contributed by atoms with Crippen molar-refractivity contribution in [3.8, 4) is 0 Å². The summed E-state index contributed by atoms with van der Waals surface area (Å²) in [7, 11) is 0. The van der Waals surface area contributed by atoms with Crippen LogP contribution in [-0.2, 0) is 6.42 Å². The third kappa shape index (κ3) is 2.85. The average molecular weight is 189 g/mol. The zero-order chi connectivity index (χ0) is 9.90. The SMILES string of the molecule is O=Cc1cccnc1CC(F)(F)F. The molecule has 0 unspecified atom stereocenters. The van der Waals surface area contributed by atoms with Crippen molar-refractivity contribution < 1.29 is 18.0 Å². The van der Waals surface area contributed by atoms with Crippen molar-refractivity contribution in [2.75, 3.05) is 0 Å². The van der Waals surface area contributed by atoms with Gasteiger partial charge in [-0.25, -0.2) is 0 Å². The first-order chi connectivity index (χ1) is 6.03. The van der Waals surface area contributed by atoms with E-state index in [9.17, 15) is 18.0 Å². The minimum Gasteiger partial charge on any atom is -0.298 e. The fourth-order valence-corrected chi connectivity index (χ4v) is 0.895. The molecule has 1 heterocycles. The molecule has 0 aromatic carbocycles. The van der Waals surface area contributed by atoms with Crippen LogP contribution < -0.4 is 0 Å². The number of pyridine rings is 1. The van der Waals surface area contributed by atoms with E-state index in [0.29, 0.717) is 6.29 Å². The first kappa shape index (κ1) is 9.70. The maximum atomic E-state index is 11.9. The number of aromatic nitrogens is 1. The summed E-state index contributed by atoms with van der Waals surface area (Å²) >= 11 is 0. The Morgan fingerprint density at radius 3 is 2.69 bits per heavy atom. The second kappa shape index (κ2) is 3.55. The molecule has 0 radical (unpaired) electrons. The molecule has 2 nitrogen and oxygen atoms in total. The van der Waals surface area contributed by atoms with E-state index in [2.05, 4.69) is 4.98 Å². The van der Waals surface area contributed by atoms with Crippen molar-refractivity contribution in [1.82, 2.24) is 4.98 Å². The van der Waals surface area contributed by atoms with Gasteiger partial charge in [-0.05, 0) is 12.1 Å². The number of carbonyl (C=O) groups is 1. The predicted molar refractivity (Wildman–Crippen MR) is 39.4 cm³/mol. The van der Waals surface area contributed by atoms with E-state index in [1.807, 2.05) is 0 Å². The zero-order valence-corrected chi connectivity index (χ0v) is 6.51. The first-order valence-corrected chi connectivity index (χ1v) is 3.49. The fourth-order valence-electron chi connectivity index (χ4n) is 0.895. The standard InChI is InChI=1S/C8H6F3NO/c9-8(10,11)4-7-6(5-13)2-1-3-12-7/h1-3,5H,4H2. The van der Waals surface area contributed by atoms with Gasteiger partial charge in [0.2, 0.25) is 0 Å². The van der Waals surface area contributed by atoms with Gasteiger partial charge in [0.1, 0.15) is 0 Å². The normalized spacial score (nSPS) is 11.3. The minimum atomic E-state index is -4.33. The van der Waals surface area contributed by atoms with Crippen LogP contribution in [0.25, 0.3) is 0 Å². The van der Waals surface area contributed by atoms with E-state index in [1.165, 1.54) is 18.3 Å². The van der Waals surface area contributed by atoms with E-state index >= 15 is 0 Å². The number of hydrogen-bond donors (Lipinski definition) is 0. The highest BCUT2D eigenvalue weighted by Gasteiger charge is 2.29. The largest absolute Gasteiger partial charge is 0.394 e. The van der Waals surface area contributed by atoms with E-state index in [1.54, 1.807) is 0 Å². The molecule has 1 aromatic rings. The van der Waals surface area contributed by atoms with E-state index in [4.69, 9.17) is 0 Å². The maximum absolute atomic E-state index is 11.9. The highest BCUT2D eigenvalue weighted by Crippen LogP contribution is 2.21. The summed E-state index contributed by atoms with van der Waals surface area (Å²) < 4.78 is 35.7.